The zero-order chi connectivity index (χ0) is 23.5. The largest absolute Gasteiger partial charge is 0.480 e. The van der Waals surface area contributed by atoms with Gasteiger partial charge < -0.3 is 15.0 Å². The minimum absolute atomic E-state index is 0.164. The van der Waals surface area contributed by atoms with Gasteiger partial charge in [-0.1, -0.05) is 54.3 Å². The number of para-hydroxylation sites is 1. The van der Waals surface area contributed by atoms with E-state index in [1.54, 1.807) is 12.3 Å². The van der Waals surface area contributed by atoms with Crippen LogP contribution < -0.4 is 4.90 Å². The first-order chi connectivity index (χ1) is 15.9. The summed E-state index contributed by atoms with van der Waals surface area (Å²) in [5, 5.41) is 10.9. The number of anilines is 1. The molecule has 1 fully saturated rings. The van der Waals surface area contributed by atoms with Gasteiger partial charge in [0.15, 0.2) is 0 Å². The van der Waals surface area contributed by atoms with Gasteiger partial charge in [-0.15, -0.1) is 0 Å². The van der Waals surface area contributed by atoms with Crippen molar-refractivity contribution in [3.05, 3.63) is 70.8 Å². The maximum Gasteiger partial charge on any atom is 0.327 e. The summed E-state index contributed by atoms with van der Waals surface area (Å²) < 4.78 is 0.262. The van der Waals surface area contributed by atoms with Gasteiger partial charge >= 0.3 is 5.97 Å². The van der Waals surface area contributed by atoms with Gasteiger partial charge in [0.25, 0.3) is 5.91 Å². The number of thioether (sulfide) groups is 1. The molecule has 1 aliphatic rings. The summed E-state index contributed by atoms with van der Waals surface area (Å²) in [6.07, 6.45) is 3.74. The first-order valence-electron chi connectivity index (χ1n) is 10.8. The van der Waals surface area contributed by atoms with Crippen molar-refractivity contribution in [2.45, 2.75) is 26.3 Å². The number of amides is 1. The molecular weight excluding hydrogens is 454 g/mol. The Morgan fingerprint density at radius 1 is 1.18 bits per heavy atom. The molecule has 0 spiro atoms. The van der Waals surface area contributed by atoms with Crippen LogP contribution in [0.5, 0.6) is 0 Å². The van der Waals surface area contributed by atoms with E-state index in [4.69, 9.17) is 12.2 Å². The van der Waals surface area contributed by atoms with Crippen molar-refractivity contribution in [1.29, 1.82) is 0 Å². The summed E-state index contributed by atoms with van der Waals surface area (Å²) in [4.78, 5) is 32.4. The lowest BCUT2D eigenvalue weighted by Gasteiger charge is -2.23. The number of aliphatic carboxylic acids is 1. The van der Waals surface area contributed by atoms with E-state index >= 15 is 0 Å². The van der Waals surface area contributed by atoms with Crippen molar-refractivity contribution in [2.75, 3.05) is 18.0 Å². The number of carboxylic acids is 1. The van der Waals surface area contributed by atoms with E-state index in [0.717, 1.165) is 52.6 Å². The summed E-state index contributed by atoms with van der Waals surface area (Å²) in [6.45, 7) is 6.05. The maximum atomic E-state index is 13.2. The highest BCUT2D eigenvalue weighted by Crippen LogP contribution is 2.35. The van der Waals surface area contributed by atoms with Crippen molar-refractivity contribution in [2.24, 2.45) is 0 Å². The van der Waals surface area contributed by atoms with Gasteiger partial charge in [-0.2, -0.15) is 0 Å². The Kier molecular flexibility index (Phi) is 6.85. The monoisotopic (exact) mass is 479 g/mol. The molecule has 2 heterocycles. The number of nitrogens with one attached hydrogen (secondary N) is 1. The van der Waals surface area contributed by atoms with E-state index in [2.05, 4.69) is 23.7 Å². The Morgan fingerprint density at radius 2 is 1.88 bits per heavy atom. The highest BCUT2D eigenvalue weighted by molar-refractivity contribution is 8.26. The topological polar surface area (TPSA) is 76.6 Å². The summed E-state index contributed by atoms with van der Waals surface area (Å²) in [5.41, 5.74) is 3.75. The Morgan fingerprint density at radius 3 is 2.55 bits per heavy atom. The van der Waals surface area contributed by atoms with Crippen molar-refractivity contribution in [3.63, 3.8) is 0 Å². The number of hydrogen-bond donors (Lipinski definition) is 2. The SMILES string of the molecule is CCN(CC)c1ccc(/C=C2\SC(=S)N([C@@H](Cc3c[nH]c4ccccc34)C(=O)O)C2=O)cc1. The van der Waals surface area contributed by atoms with E-state index in [1.807, 2.05) is 48.5 Å². The number of H-pyrrole nitrogens is 1. The van der Waals surface area contributed by atoms with Gasteiger partial charge in [0.05, 0.1) is 4.91 Å². The molecule has 1 aromatic heterocycles. The van der Waals surface area contributed by atoms with Crippen molar-refractivity contribution >= 4 is 62.8 Å². The fraction of sp³-hybridized carbons (Fsp3) is 0.240. The molecule has 3 aromatic rings. The van der Waals surface area contributed by atoms with Crippen LogP contribution in [0.15, 0.2) is 59.6 Å². The number of fused-ring (bicyclic) bond motifs is 1. The molecule has 1 atom stereocenters. The van der Waals surface area contributed by atoms with Crippen molar-refractivity contribution in [3.8, 4) is 0 Å². The van der Waals surface area contributed by atoms with E-state index in [9.17, 15) is 14.7 Å². The summed E-state index contributed by atoms with van der Waals surface area (Å²) >= 11 is 6.58. The fourth-order valence-corrected chi connectivity index (χ4v) is 5.42. The zero-order valence-electron chi connectivity index (χ0n) is 18.4. The van der Waals surface area contributed by atoms with Gasteiger partial charge in [-0.05, 0) is 49.2 Å². The number of aromatic amines is 1. The fourth-order valence-electron chi connectivity index (χ4n) is 4.07. The van der Waals surface area contributed by atoms with E-state index in [1.165, 1.54) is 4.90 Å². The van der Waals surface area contributed by atoms with E-state index in [0.29, 0.717) is 4.91 Å². The third kappa shape index (κ3) is 4.67. The van der Waals surface area contributed by atoms with Gasteiger partial charge in [-0.3, -0.25) is 9.69 Å². The Bertz CT molecular complexity index is 1230. The number of aromatic nitrogens is 1. The smallest absolute Gasteiger partial charge is 0.327 e. The molecule has 33 heavy (non-hydrogen) atoms. The normalized spacial score (nSPS) is 16.1. The molecule has 1 aliphatic heterocycles. The summed E-state index contributed by atoms with van der Waals surface area (Å²) in [7, 11) is 0. The Hall–Kier alpha value is -3.10. The van der Waals surface area contributed by atoms with Gasteiger partial charge in [0.1, 0.15) is 10.4 Å². The quantitative estimate of drug-likeness (QED) is 0.353. The highest BCUT2D eigenvalue weighted by Gasteiger charge is 2.40. The first-order valence-corrected chi connectivity index (χ1v) is 12.0. The van der Waals surface area contributed by atoms with Crippen LogP contribution in [0.2, 0.25) is 0 Å². The predicted octanol–water partition coefficient (Wildman–Crippen LogP) is 4.91. The molecule has 8 heteroatoms. The molecule has 0 radical (unpaired) electrons. The number of rotatable bonds is 8. The minimum atomic E-state index is -1.08. The number of carbonyl (C=O) groups excluding carboxylic acids is 1. The van der Waals surface area contributed by atoms with Crippen LogP contribution in [0.3, 0.4) is 0 Å². The molecular formula is C25H25N3O3S2. The molecule has 0 bridgehead atoms. The molecule has 2 N–H and O–H groups in total. The number of thiocarbonyl (C=S) groups is 1. The number of carbonyl (C=O) groups is 2. The predicted molar refractivity (Wildman–Crippen MR) is 138 cm³/mol. The molecule has 1 saturated heterocycles. The third-order valence-corrected chi connectivity index (χ3v) is 7.16. The number of carboxylic acid groups (broad SMARTS) is 1. The number of nitrogens with zero attached hydrogens (tertiary/aromatic N) is 2. The summed E-state index contributed by atoms with van der Waals surface area (Å²) in [6, 6.07) is 14.6. The molecule has 2 aromatic carbocycles. The second-order valence-electron chi connectivity index (χ2n) is 7.73. The van der Waals surface area contributed by atoms with Crippen LogP contribution >= 0.6 is 24.0 Å². The van der Waals surface area contributed by atoms with Crippen molar-refractivity contribution < 1.29 is 14.7 Å². The van der Waals surface area contributed by atoms with Crippen LogP contribution in [0, 0.1) is 0 Å². The first kappa shape index (κ1) is 23.1. The lowest BCUT2D eigenvalue weighted by Crippen LogP contribution is -2.45. The second-order valence-corrected chi connectivity index (χ2v) is 9.41. The second kappa shape index (κ2) is 9.80. The van der Waals surface area contributed by atoms with Gasteiger partial charge in [0.2, 0.25) is 0 Å². The van der Waals surface area contributed by atoms with E-state index < -0.39 is 12.0 Å². The van der Waals surface area contributed by atoms with Gasteiger partial charge in [-0.25, -0.2) is 4.79 Å². The van der Waals surface area contributed by atoms with Crippen LogP contribution in [-0.4, -0.2) is 50.3 Å². The summed E-state index contributed by atoms with van der Waals surface area (Å²) in [5.74, 6) is -1.45. The van der Waals surface area contributed by atoms with E-state index in [-0.39, 0.29) is 16.6 Å². The third-order valence-electron chi connectivity index (χ3n) is 5.83. The van der Waals surface area contributed by atoms with Crippen LogP contribution in [0.4, 0.5) is 5.69 Å². The van der Waals surface area contributed by atoms with Crippen LogP contribution in [0.1, 0.15) is 25.0 Å². The van der Waals surface area contributed by atoms with Gasteiger partial charge in [0, 0.05) is 42.3 Å². The van der Waals surface area contributed by atoms with Crippen molar-refractivity contribution in [1.82, 2.24) is 9.88 Å². The molecule has 6 nitrogen and oxygen atoms in total. The van der Waals surface area contributed by atoms with Crippen LogP contribution in [-0.2, 0) is 16.0 Å². The minimum Gasteiger partial charge on any atom is -0.480 e. The molecule has 170 valence electrons. The molecule has 0 aliphatic carbocycles. The Labute approximate surface area is 202 Å². The lowest BCUT2D eigenvalue weighted by atomic mass is 10.0. The molecule has 1 amide bonds. The zero-order valence-corrected chi connectivity index (χ0v) is 20.1. The molecule has 4 rings (SSSR count). The molecule has 0 unspecified atom stereocenters. The van der Waals surface area contributed by atoms with Crippen LogP contribution in [0.25, 0.3) is 17.0 Å². The standard InChI is InChI=1S/C25H25N3O3S2/c1-3-27(4-2)18-11-9-16(10-12-18)13-22-23(29)28(25(32)33-22)21(24(30)31)14-17-15-26-20-8-6-5-7-19(17)20/h5-13,15,21,26H,3-4,14H2,1-2H3,(H,30,31)/b22-13-/t21-/m0/s1. The average Bonchev–Trinajstić information content (AvgIpc) is 3.34. The number of hydrogen-bond acceptors (Lipinski definition) is 5. The Balaban J connectivity index is 1.57. The molecule has 0 saturated carbocycles. The maximum absolute atomic E-state index is 13.2. The number of benzene rings is 2. The lowest BCUT2D eigenvalue weighted by molar-refractivity contribution is -0.145. The average molecular weight is 480 g/mol. The highest BCUT2D eigenvalue weighted by atomic mass is 32.2.